The number of thiocarbonyl (C=S) groups is 1. The molecule has 0 radical (unpaired) electrons. The number of rotatable bonds is 1. The van der Waals surface area contributed by atoms with E-state index in [1.807, 2.05) is 4.90 Å². The van der Waals surface area contributed by atoms with Crippen molar-refractivity contribution in [3.05, 3.63) is 0 Å². The maximum atomic E-state index is 11.3. The summed E-state index contributed by atoms with van der Waals surface area (Å²) >= 11 is 4.63. The van der Waals surface area contributed by atoms with Crippen LogP contribution in [0.2, 0.25) is 0 Å². The summed E-state index contributed by atoms with van der Waals surface area (Å²) < 4.78 is 0. The quantitative estimate of drug-likeness (QED) is 0.607. The molecule has 0 aromatic heterocycles. The minimum absolute atomic E-state index is 0.0199. The molecule has 1 fully saturated rings. The molecule has 0 atom stereocenters. The molecule has 1 aliphatic rings. The fraction of sp³-hybridized carbons (Fsp3) is 0.800. The molecule has 0 N–H and O–H groups in total. The molecule has 1 amide bonds. The van der Waals surface area contributed by atoms with Crippen LogP contribution in [0.5, 0.6) is 0 Å². The molecule has 0 aromatic carbocycles. The highest BCUT2D eigenvalue weighted by Crippen LogP contribution is 2.15. The lowest BCUT2D eigenvalue weighted by atomic mass is 10.1. The Morgan fingerprint density at radius 3 is 2.07 bits per heavy atom. The average molecular weight is 214 g/mol. The second-order valence-electron chi connectivity index (χ2n) is 4.60. The number of hydrogen-bond donors (Lipinski definition) is 0. The second-order valence-corrected chi connectivity index (χ2v) is 4.84. The van der Waals surface area contributed by atoms with E-state index in [4.69, 9.17) is 0 Å². The predicted octanol–water partition coefficient (Wildman–Crippen LogP) is 0.929. The van der Waals surface area contributed by atoms with E-state index >= 15 is 0 Å². The summed E-state index contributed by atoms with van der Waals surface area (Å²) in [5.41, 5.74) is 0.201. The van der Waals surface area contributed by atoms with Gasteiger partial charge >= 0.3 is 0 Å². The normalized spacial score (nSPS) is 19.5. The summed E-state index contributed by atoms with van der Waals surface area (Å²) in [6.07, 6.45) is 0. The summed E-state index contributed by atoms with van der Waals surface area (Å²) in [4.78, 5) is 15.5. The molecule has 1 aliphatic heterocycles. The number of piperazine rings is 1. The zero-order chi connectivity index (χ0) is 10.8. The van der Waals surface area contributed by atoms with Crippen molar-refractivity contribution < 1.29 is 4.79 Å². The van der Waals surface area contributed by atoms with Crippen LogP contribution in [-0.4, -0.2) is 52.8 Å². The third kappa shape index (κ3) is 2.75. The Morgan fingerprint density at radius 2 is 1.71 bits per heavy atom. The third-order valence-corrected chi connectivity index (χ3v) is 2.84. The van der Waals surface area contributed by atoms with Crippen molar-refractivity contribution in [1.29, 1.82) is 0 Å². The number of hydrogen-bond acceptors (Lipinski definition) is 3. The molecule has 0 unspecified atom stereocenters. The Labute approximate surface area is 91.1 Å². The monoisotopic (exact) mass is 214 g/mol. The molecular weight excluding hydrogens is 196 g/mol. The molecule has 80 valence electrons. The first kappa shape index (κ1) is 11.6. The first-order valence-corrected chi connectivity index (χ1v) is 5.41. The van der Waals surface area contributed by atoms with E-state index < -0.39 is 0 Å². The molecule has 14 heavy (non-hydrogen) atoms. The van der Waals surface area contributed by atoms with Crippen LogP contribution in [0.3, 0.4) is 0 Å². The average Bonchev–Trinajstić information content (AvgIpc) is 2.15. The van der Waals surface area contributed by atoms with E-state index in [0.717, 1.165) is 26.2 Å². The van der Waals surface area contributed by atoms with Crippen LogP contribution < -0.4 is 0 Å². The van der Waals surface area contributed by atoms with Gasteiger partial charge in [0.2, 0.25) is 0 Å². The van der Waals surface area contributed by atoms with E-state index in [1.165, 1.54) is 5.37 Å². The smallest absolute Gasteiger partial charge is 0.257 e. The maximum Gasteiger partial charge on any atom is 0.257 e. The van der Waals surface area contributed by atoms with Crippen LogP contribution in [0, 0.1) is 0 Å². The van der Waals surface area contributed by atoms with E-state index in [0.29, 0.717) is 0 Å². The summed E-state index contributed by atoms with van der Waals surface area (Å²) in [7, 11) is 0. The zero-order valence-electron chi connectivity index (χ0n) is 9.12. The van der Waals surface area contributed by atoms with Crippen molar-refractivity contribution >= 4 is 23.5 Å². The molecule has 1 rings (SSSR count). The highest BCUT2D eigenvalue weighted by molar-refractivity contribution is 7.80. The minimum atomic E-state index is -0.0199. The van der Waals surface area contributed by atoms with Gasteiger partial charge < -0.3 is 4.90 Å². The van der Waals surface area contributed by atoms with Gasteiger partial charge in [0.1, 0.15) is 0 Å². The fourth-order valence-electron chi connectivity index (χ4n) is 1.67. The summed E-state index contributed by atoms with van der Waals surface area (Å²) in [5.74, 6) is -0.0199. The molecule has 4 heteroatoms. The lowest BCUT2D eigenvalue weighted by Gasteiger charge is -2.41. The van der Waals surface area contributed by atoms with Crippen LogP contribution in [0.15, 0.2) is 0 Å². The van der Waals surface area contributed by atoms with Crippen molar-refractivity contribution in [3.8, 4) is 0 Å². The zero-order valence-corrected chi connectivity index (χ0v) is 9.93. The molecule has 3 nitrogen and oxygen atoms in total. The van der Waals surface area contributed by atoms with Crippen LogP contribution in [-0.2, 0) is 4.79 Å². The minimum Gasteiger partial charge on any atom is -0.336 e. The largest absolute Gasteiger partial charge is 0.336 e. The van der Waals surface area contributed by atoms with Crippen molar-refractivity contribution in [2.75, 3.05) is 26.2 Å². The summed E-state index contributed by atoms with van der Waals surface area (Å²) in [6.45, 7) is 10.1. The van der Waals surface area contributed by atoms with Gasteiger partial charge in [0, 0.05) is 31.7 Å². The predicted molar refractivity (Wildman–Crippen MR) is 61.6 cm³/mol. The Balaban J connectivity index is 2.46. The number of carbonyl (C=O) groups is 1. The van der Waals surface area contributed by atoms with E-state index in [2.05, 4.69) is 37.9 Å². The molecule has 0 spiro atoms. The van der Waals surface area contributed by atoms with E-state index in [1.54, 1.807) is 0 Å². The van der Waals surface area contributed by atoms with Gasteiger partial charge in [0.05, 0.1) is 5.37 Å². The molecule has 0 aliphatic carbocycles. The summed E-state index contributed by atoms with van der Waals surface area (Å²) in [5, 5.41) is 1.23. The number of nitrogens with zero attached hydrogens (tertiary/aromatic N) is 2. The first-order valence-electron chi connectivity index (χ1n) is 4.94. The second kappa shape index (κ2) is 4.36. The lowest BCUT2D eigenvalue weighted by molar-refractivity contribution is -0.125. The van der Waals surface area contributed by atoms with Gasteiger partial charge in [-0.05, 0) is 20.8 Å². The van der Waals surface area contributed by atoms with Crippen LogP contribution in [0.25, 0.3) is 0 Å². The molecule has 0 saturated carbocycles. The Bertz CT molecular complexity index is 227. The van der Waals surface area contributed by atoms with Crippen LogP contribution in [0.1, 0.15) is 20.8 Å². The Hall–Kier alpha value is -0.480. The van der Waals surface area contributed by atoms with E-state index in [-0.39, 0.29) is 11.4 Å². The van der Waals surface area contributed by atoms with Crippen molar-refractivity contribution in [2.45, 2.75) is 26.3 Å². The molecule has 1 saturated heterocycles. The van der Waals surface area contributed by atoms with Gasteiger partial charge in [0.25, 0.3) is 5.91 Å². The van der Waals surface area contributed by atoms with Crippen molar-refractivity contribution in [3.63, 3.8) is 0 Å². The van der Waals surface area contributed by atoms with Gasteiger partial charge in [0.15, 0.2) is 0 Å². The molecule has 1 heterocycles. The van der Waals surface area contributed by atoms with Crippen LogP contribution in [0.4, 0.5) is 0 Å². The van der Waals surface area contributed by atoms with Gasteiger partial charge in [-0.15, -0.1) is 0 Å². The highest BCUT2D eigenvalue weighted by atomic mass is 32.1. The van der Waals surface area contributed by atoms with Crippen molar-refractivity contribution in [2.24, 2.45) is 0 Å². The van der Waals surface area contributed by atoms with Gasteiger partial charge in [-0.2, -0.15) is 0 Å². The Morgan fingerprint density at radius 1 is 1.21 bits per heavy atom. The number of carbonyl (C=O) groups excluding carboxylic acids is 1. The lowest BCUT2D eigenvalue weighted by Crippen LogP contribution is -2.54. The first-order chi connectivity index (χ1) is 6.45. The SMILES string of the molecule is CC(C)(C)N1CCN(C(=O)C=S)CC1. The van der Waals surface area contributed by atoms with Gasteiger partial charge in [-0.25, -0.2) is 0 Å². The maximum absolute atomic E-state index is 11.3. The van der Waals surface area contributed by atoms with Crippen LogP contribution >= 0.6 is 12.2 Å². The number of amides is 1. The van der Waals surface area contributed by atoms with Gasteiger partial charge in [-0.3, -0.25) is 9.69 Å². The third-order valence-electron chi connectivity index (χ3n) is 2.64. The standard InChI is InChI=1S/C10H18N2OS/c1-10(2,3)12-6-4-11(5-7-12)9(13)8-14/h8H,4-7H2,1-3H3. The summed E-state index contributed by atoms with van der Waals surface area (Å²) in [6, 6.07) is 0. The van der Waals surface area contributed by atoms with Gasteiger partial charge in [-0.1, -0.05) is 12.2 Å². The highest BCUT2D eigenvalue weighted by Gasteiger charge is 2.26. The molecule has 0 bridgehead atoms. The molecular formula is C10H18N2OS. The molecule has 0 aromatic rings. The van der Waals surface area contributed by atoms with E-state index in [9.17, 15) is 4.79 Å². The Kier molecular flexibility index (Phi) is 3.61. The topological polar surface area (TPSA) is 23.6 Å². The fourth-order valence-corrected chi connectivity index (χ4v) is 1.82. The van der Waals surface area contributed by atoms with Crippen molar-refractivity contribution in [1.82, 2.24) is 9.80 Å².